The number of aryl methyl sites for hydroxylation is 1. The van der Waals surface area contributed by atoms with Gasteiger partial charge >= 0.3 is 0 Å². The second kappa shape index (κ2) is 9.64. The van der Waals surface area contributed by atoms with Gasteiger partial charge in [-0.15, -0.1) is 12.4 Å². The Bertz CT molecular complexity index is 423. The zero-order valence-corrected chi connectivity index (χ0v) is 14.2. The van der Waals surface area contributed by atoms with Gasteiger partial charge in [0.2, 0.25) is 5.91 Å². The number of nitrogens with two attached hydrogens (primary N) is 1. The summed E-state index contributed by atoms with van der Waals surface area (Å²) in [6, 6.07) is 7.44. The SMILES string of the molecule is CCC(C)C(N)C(=O)N(C)CCOc1ccc(C)cc1.Cl. The van der Waals surface area contributed by atoms with E-state index in [4.69, 9.17) is 10.5 Å². The fourth-order valence-corrected chi connectivity index (χ4v) is 1.80. The number of hydrogen-bond donors (Lipinski definition) is 1. The predicted molar refractivity (Wildman–Crippen MR) is 89.0 cm³/mol. The standard InChI is InChI=1S/C16H26N2O2.ClH/c1-5-13(3)15(17)16(19)18(4)10-11-20-14-8-6-12(2)7-9-14;/h6-9,13,15H,5,10-11,17H2,1-4H3;1H. The number of carbonyl (C=O) groups excluding carboxylic acids is 1. The molecule has 2 atom stereocenters. The lowest BCUT2D eigenvalue weighted by Gasteiger charge is -2.24. The van der Waals surface area contributed by atoms with E-state index >= 15 is 0 Å². The summed E-state index contributed by atoms with van der Waals surface area (Å²) in [5.74, 6) is 0.998. The quantitative estimate of drug-likeness (QED) is 0.841. The molecule has 0 spiro atoms. The van der Waals surface area contributed by atoms with Crippen LogP contribution >= 0.6 is 12.4 Å². The van der Waals surface area contributed by atoms with Gasteiger partial charge in [0.1, 0.15) is 12.4 Å². The van der Waals surface area contributed by atoms with E-state index in [2.05, 4.69) is 0 Å². The normalized spacial score (nSPS) is 13.0. The highest BCUT2D eigenvalue weighted by molar-refractivity contribution is 5.85. The second-order valence-electron chi connectivity index (χ2n) is 5.33. The van der Waals surface area contributed by atoms with Gasteiger partial charge in [-0.25, -0.2) is 0 Å². The van der Waals surface area contributed by atoms with E-state index in [1.165, 1.54) is 5.56 Å². The van der Waals surface area contributed by atoms with Gasteiger partial charge in [0.15, 0.2) is 0 Å². The van der Waals surface area contributed by atoms with Gasteiger partial charge < -0.3 is 15.4 Å². The highest BCUT2D eigenvalue weighted by Crippen LogP contribution is 2.11. The lowest BCUT2D eigenvalue weighted by atomic mass is 9.99. The Labute approximate surface area is 134 Å². The maximum absolute atomic E-state index is 12.1. The first-order chi connectivity index (χ1) is 9.45. The van der Waals surface area contributed by atoms with Crippen LogP contribution < -0.4 is 10.5 Å². The molecular formula is C16H27ClN2O2. The monoisotopic (exact) mass is 314 g/mol. The molecule has 2 unspecified atom stereocenters. The average molecular weight is 315 g/mol. The molecule has 0 aliphatic rings. The Hall–Kier alpha value is -1.26. The molecule has 1 aromatic rings. The maximum atomic E-state index is 12.1. The van der Waals surface area contributed by atoms with E-state index in [0.29, 0.717) is 13.2 Å². The Kier molecular flexibility index (Phi) is 9.06. The van der Waals surface area contributed by atoms with Crippen molar-refractivity contribution in [3.8, 4) is 5.75 Å². The maximum Gasteiger partial charge on any atom is 0.239 e. The van der Waals surface area contributed by atoms with Crippen LogP contribution in [0.3, 0.4) is 0 Å². The largest absolute Gasteiger partial charge is 0.492 e. The number of amides is 1. The molecular weight excluding hydrogens is 288 g/mol. The summed E-state index contributed by atoms with van der Waals surface area (Å²) in [5.41, 5.74) is 7.14. The van der Waals surface area contributed by atoms with Crippen molar-refractivity contribution in [1.82, 2.24) is 4.90 Å². The molecule has 1 aromatic carbocycles. The van der Waals surface area contributed by atoms with Crippen molar-refractivity contribution >= 4 is 18.3 Å². The molecule has 0 fully saturated rings. The van der Waals surface area contributed by atoms with Gasteiger partial charge in [-0.3, -0.25) is 4.79 Å². The number of rotatable bonds is 7. The van der Waals surface area contributed by atoms with Crippen LogP contribution in [0, 0.1) is 12.8 Å². The number of benzene rings is 1. The van der Waals surface area contributed by atoms with Gasteiger partial charge in [-0.1, -0.05) is 38.0 Å². The first kappa shape index (κ1) is 19.7. The molecule has 0 heterocycles. The van der Waals surface area contributed by atoms with Gasteiger partial charge in [-0.05, 0) is 25.0 Å². The number of hydrogen-bond acceptors (Lipinski definition) is 3. The fourth-order valence-electron chi connectivity index (χ4n) is 1.80. The zero-order chi connectivity index (χ0) is 15.1. The summed E-state index contributed by atoms with van der Waals surface area (Å²) in [5, 5.41) is 0. The highest BCUT2D eigenvalue weighted by atomic mass is 35.5. The first-order valence-electron chi connectivity index (χ1n) is 7.15. The van der Waals surface area contributed by atoms with Crippen molar-refractivity contribution in [3.63, 3.8) is 0 Å². The van der Waals surface area contributed by atoms with Gasteiger partial charge in [0, 0.05) is 7.05 Å². The predicted octanol–water partition coefficient (Wildman–Crippen LogP) is 2.63. The van der Waals surface area contributed by atoms with Crippen LogP contribution in [0.4, 0.5) is 0 Å². The van der Waals surface area contributed by atoms with Crippen molar-refractivity contribution in [3.05, 3.63) is 29.8 Å². The third-order valence-electron chi connectivity index (χ3n) is 3.63. The van der Waals surface area contributed by atoms with E-state index in [-0.39, 0.29) is 24.2 Å². The Morgan fingerprint density at radius 3 is 2.43 bits per heavy atom. The van der Waals surface area contributed by atoms with Crippen LogP contribution in [0.25, 0.3) is 0 Å². The average Bonchev–Trinajstić information content (AvgIpc) is 2.46. The van der Waals surface area contributed by atoms with Crippen molar-refractivity contribution in [2.24, 2.45) is 11.7 Å². The van der Waals surface area contributed by atoms with Crippen LogP contribution in [0.1, 0.15) is 25.8 Å². The van der Waals surface area contributed by atoms with Crippen LogP contribution in [0.2, 0.25) is 0 Å². The third kappa shape index (κ3) is 6.36. The van der Waals surface area contributed by atoms with Crippen LogP contribution in [0.5, 0.6) is 5.75 Å². The molecule has 0 aromatic heterocycles. The number of ether oxygens (including phenoxy) is 1. The van der Waals surface area contributed by atoms with Crippen LogP contribution in [-0.4, -0.2) is 37.0 Å². The number of nitrogens with zero attached hydrogens (tertiary/aromatic N) is 1. The fraction of sp³-hybridized carbons (Fsp3) is 0.562. The number of halogens is 1. The number of carbonyl (C=O) groups is 1. The van der Waals surface area contributed by atoms with E-state index in [0.717, 1.165) is 12.2 Å². The lowest BCUT2D eigenvalue weighted by molar-refractivity contribution is -0.132. The summed E-state index contributed by atoms with van der Waals surface area (Å²) >= 11 is 0. The molecule has 0 saturated carbocycles. The molecule has 0 radical (unpaired) electrons. The van der Waals surface area contributed by atoms with Gasteiger partial charge in [0.25, 0.3) is 0 Å². The van der Waals surface area contributed by atoms with Crippen LogP contribution in [-0.2, 0) is 4.79 Å². The molecule has 0 saturated heterocycles. The highest BCUT2D eigenvalue weighted by Gasteiger charge is 2.22. The molecule has 5 heteroatoms. The molecule has 1 rings (SSSR count). The molecule has 1 amide bonds. The summed E-state index contributed by atoms with van der Waals surface area (Å²) < 4.78 is 5.61. The van der Waals surface area contributed by atoms with Crippen molar-refractivity contribution in [2.45, 2.75) is 33.2 Å². The van der Waals surface area contributed by atoms with E-state index in [1.807, 2.05) is 45.0 Å². The molecule has 0 bridgehead atoms. The summed E-state index contributed by atoms with van der Waals surface area (Å²) in [6.45, 7) is 7.08. The van der Waals surface area contributed by atoms with Gasteiger partial charge in [0.05, 0.1) is 12.6 Å². The minimum absolute atomic E-state index is 0. The van der Waals surface area contributed by atoms with E-state index in [1.54, 1.807) is 11.9 Å². The second-order valence-corrected chi connectivity index (χ2v) is 5.33. The molecule has 21 heavy (non-hydrogen) atoms. The zero-order valence-electron chi connectivity index (χ0n) is 13.3. The Morgan fingerprint density at radius 2 is 1.90 bits per heavy atom. The molecule has 0 aliphatic heterocycles. The molecule has 2 N–H and O–H groups in total. The van der Waals surface area contributed by atoms with Crippen molar-refractivity contribution in [2.75, 3.05) is 20.2 Å². The smallest absolute Gasteiger partial charge is 0.239 e. The van der Waals surface area contributed by atoms with Crippen LogP contribution in [0.15, 0.2) is 24.3 Å². The molecule has 0 aliphatic carbocycles. The first-order valence-corrected chi connectivity index (χ1v) is 7.15. The summed E-state index contributed by atoms with van der Waals surface area (Å²) in [4.78, 5) is 13.7. The Balaban J connectivity index is 0.00000400. The van der Waals surface area contributed by atoms with Gasteiger partial charge in [-0.2, -0.15) is 0 Å². The topological polar surface area (TPSA) is 55.6 Å². The van der Waals surface area contributed by atoms with Crippen molar-refractivity contribution in [1.29, 1.82) is 0 Å². The minimum atomic E-state index is -0.427. The summed E-state index contributed by atoms with van der Waals surface area (Å²) in [7, 11) is 1.77. The summed E-state index contributed by atoms with van der Waals surface area (Å²) in [6.07, 6.45) is 0.903. The third-order valence-corrected chi connectivity index (χ3v) is 3.63. The molecule has 4 nitrogen and oxygen atoms in total. The Morgan fingerprint density at radius 1 is 1.33 bits per heavy atom. The number of likely N-dealkylation sites (N-methyl/N-ethyl adjacent to an activating group) is 1. The van der Waals surface area contributed by atoms with E-state index in [9.17, 15) is 4.79 Å². The van der Waals surface area contributed by atoms with Crippen molar-refractivity contribution < 1.29 is 9.53 Å². The minimum Gasteiger partial charge on any atom is -0.492 e. The molecule has 120 valence electrons. The van der Waals surface area contributed by atoms with E-state index < -0.39 is 6.04 Å². The lowest BCUT2D eigenvalue weighted by Crippen LogP contribution is -2.46.